The molecule has 0 saturated carbocycles. The van der Waals surface area contributed by atoms with Crippen LogP contribution in [-0.2, 0) is 6.54 Å². The van der Waals surface area contributed by atoms with E-state index in [1.165, 1.54) is 0 Å². The summed E-state index contributed by atoms with van der Waals surface area (Å²) in [6.45, 7) is 0.364. The Labute approximate surface area is 113 Å². The van der Waals surface area contributed by atoms with E-state index in [-0.39, 0.29) is 5.56 Å². The smallest absolute Gasteiger partial charge is 0.255 e. The largest absolute Gasteiger partial charge is 0.326 e. The number of halogens is 3. The van der Waals surface area contributed by atoms with Gasteiger partial charge < -0.3 is 11.1 Å². The second-order valence-corrected chi connectivity index (χ2v) is 4.11. The minimum Gasteiger partial charge on any atom is -0.326 e. The summed E-state index contributed by atoms with van der Waals surface area (Å²) in [6, 6.07) is 7.92. The first-order valence-corrected chi connectivity index (χ1v) is 5.76. The molecule has 0 saturated heterocycles. The standard InChI is InChI=1S/C14H11F3N2O/c15-11-5-9(6-12(16)13(11)17)14(20)19-10-3-1-8(7-18)2-4-10/h1-6H,7,18H2,(H,19,20). The van der Waals surface area contributed by atoms with Gasteiger partial charge in [0.15, 0.2) is 17.5 Å². The molecule has 0 spiro atoms. The van der Waals surface area contributed by atoms with Crippen molar-refractivity contribution in [3.05, 3.63) is 65.0 Å². The molecule has 0 heterocycles. The fourth-order valence-electron chi connectivity index (χ4n) is 1.61. The van der Waals surface area contributed by atoms with Crippen LogP contribution in [0.15, 0.2) is 36.4 Å². The predicted octanol–water partition coefficient (Wildman–Crippen LogP) is 2.81. The summed E-state index contributed by atoms with van der Waals surface area (Å²) in [5.74, 6) is -5.15. The Morgan fingerprint density at radius 2 is 1.60 bits per heavy atom. The van der Waals surface area contributed by atoms with E-state index in [0.29, 0.717) is 24.4 Å². The quantitative estimate of drug-likeness (QED) is 0.849. The van der Waals surface area contributed by atoms with Gasteiger partial charge in [-0.15, -0.1) is 0 Å². The van der Waals surface area contributed by atoms with Crippen molar-refractivity contribution in [2.75, 3.05) is 5.32 Å². The van der Waals surface area contributed by atoms with Crippen LogP contribution < -0.4 is 11.1 Å². The van der Waals surface area contributed by atoms with E-state index >= 15 is 0 Å². The van der Waals surface area contributed by atoms with Crippen molar-refractivity contribution in [1.82, 2.24) is 0 Å². The SMILES string of the molecule is NCc1ccc(NC(=O)c2cc(F)c(F)c(F)c2)cc1. The maximum atomic E-state index is 13.0. The number of carbonyl (C=O) groups excluding carboxylic acids is 1. The highest BCUT2D eigenvalue weighted by atomic mass is 19.2. The number of amides is 1. The Morgan fingerprint density at radius 3 is 2.10 bits per heavy atom. The molecule has 6 heteroatoms. The average Bonchev–Trinajstić information content (AvgIpc) is 2.45. The van der Waals surface area contributed by atoms with Crippen LogP contribution in [0.2, 0.25) is 0 Å². The lowest BCUT2D eigenvalue weighted by Crippen LogP contribution is -2.13. The van der Waals surface area contributed by atoms with E-state index in [1.807, 2.05) is 0 Å². The average molecular weight is 280 g/mol. The molecule has 104 valence electrons. The zero-order chi connectivity index (χ0) is 14.7. The Hall–Kier alpha value is -2.34. The molecule has 2 aromatic carbocycles. The second-order valence-electron chi connectivity index (χ2n) is 4.11. The number of nitrogens with two attached hydrogens (primary N) is 1. The first kappa shape index (κ1) is 14.1. The lowest BCUT2D eigenvalue weighted by molar-refractivity contribution is 0.102. The summed E-state index contributed by atoms with van der Waals surface area (Å²) in [4.78, 5) is 11.8. The normalized spacial score (nSPS) is 10.4. The minimum atomic E-state index is -1.60. The van der Waals surface area contributed by atoms with Crippen LogP contribution >= 0.6 is 0 Å². The van der Waals surface area contributed by atoms with Crippen molar-refractivity contribution in [2.24, 2.45) is 5.73 Å². The van der Waals surface area contributed by atoms with Crippen molar-refractivity contribution in [3.63, 3.8) is 0 Å². The van der Waals surface area contributed by atoms with Gasteiger partial charge >= 0.3 is 0 Å². The maximum Gasteiger partial charge on any atom is 0.255 e. The minimum absolute atomic E-state index is 0.302. The van der Waals surface area contributed by atoms with E-state index in [9.17, 15) is 18.0 Å². The summed E-state index contributed by atoms with van der Waals surface area (Å²) in [7, 11) is 0. The highest BCUT2D eigenvalue weighted by Crippen LogP contribution is 2.16. The van der Waals surface area contributed by atoms with Gasteiger partial charge in [-0.1, -0.05) is 12.1 Å². The summed E-state index contributed by atoms with van der Waals surface area (Å²) < 4.78 is 38.8. The van der Waals surface area contributed by atoms with E-state index in [4.69, 9.17) is 5.73 Å². The molecule has 0 atom stereocenters. The van der Waals surface area contributed by atoms with Crippen molar-refractivity contribution < 1.29 is 18.0 Å². The second kappa shape index (κ2) is 5.75. The molecular formula is C14H11F3N2O. The van der Waals surface area contributed by atoms with Gasteiger partial charge in [0.25, 0.3) is 5.91 Å². The zero-order valence-corrected chi connectivity index (χ0v) is 10.3. The van der Waals surface area contributed by atoms with Gasteiger partial charge in [0.1, 0.15) is 0 Å². The monoisotopic (exact) mass is 280 g/mol. The molecule has 2 rings (SSSR count). The fourth-order valence-corrected chi connectivity index (χ4v) is 1.61. The molecule has 2 aromatic rings. The number of benzene rings is 2. The van der Waals surface area contributed by atoms with Crippen LogP contribution in [-0.4, -0.2) is 5.91 Å². The number of nitrogens with one attached hydrogen (secondary N) is 1. The maximum absolute atomic E-state index is 13.0. The molecule has 0 unspecified atom stereocenters. The molecule has 1 amide bonds. The summed E-state index contributed by atoms with van der Waals surface area (Å²) in [5, 5.41) is 2.45. The summed E-state index contributed by atoms with van der Waals surface area (Å²) in [6.07, 6.45) is 0. The summed E-state index contributed by atoms with van der Waals surface area (Å²) >= 11 is 0. The van der Waals surface area contributed by atoms with Gasteiger partial charge in [0.05, 0.1) is 0 Å². The molecule has 0 bridgehead atoms. The van der Waals surface area contributed by atoms with Gasteiger partial charge in [-0.2, -0.15) is 0 Å². The first-order chi connectivity index (χ1) is 9.51. The van der Waals surface area contributed by atoms with Gasteiger partial charge in [-0.3, -0.25) is 4.79 Å². The Morgan fingerprint density at radius 1 is 1.05 bits per heavy atom. The number of hydrogen-bond donors (Lipinski definition) is 2. The van der Waals surface area contributed by atoms with Crippen LogP contribution in [0.5, 0.6) is 0 Å². The third-order valence-electron chi connectivity index (χ3n) is 2.69. The van der Waals surface area contributed by atoms with Crippen molar-refractivity contribution in [3.8, 4) is 0 Å². The van der Waals surface area contributed by atoms with E-state index in [2.05, 4.69) is 5.32 Å². The van der Waals surface area contributed by atoms with Gasteiger partial charge in [0, 0.05) is 17.8 Å². The molecule has 3 N–H and O–H groups in total. The molecule has 0 fully saturated rings. The van der Waals surface area contributed by atoms with Crippen LogP contribution in [0.3, 0.4) is 0 Å². The Balaban J connectivity index is 2.19. The van der Waals surface area contributed by atoms with Crippen LogP contribution in [0.1, 0.15) is 15.9 Å². The Bertz CT molecular complexity index is 618. The molecule has 0 aliphatic carbocycles. The topological polar surface area (TPSA) is 55.1 Å². The molecule has 0 aliphatic heterocycles. The molecule has 0 radical (unpaired) electrons. The highest BCUT2D eigenvalue weighted by Gasteiger charge is 2.15. The van der Waals surface area contributed by atoms with E-state index < -0.39 is 23.4 Å². The molecule has 0 aliphatic rings. The van der Waals surface area contributed by atoms with Crippen molar-refractivity contribution in [2.45, 2.75) is 6.54 Å². The van der Waals surface area contributed by atoms with Crippen molar-refractivity contribution >= 4 is 11.6 Å². The lowest BCUT2D eigenvalue weighted by atomic mass is 10.1. The van der Waals surface area contributed by atoms with Crippen LogP contribution in [0.25, 0.3) is 0 Å². The molecule has 3 nitrogen and oxygen atoms in total. The fraction of sp³-hybridized carbons (Fsp3) is 0.0714. The summed E-state index contributed by atoms with van der Waals surface area (Å²) in [5.41, 5.74) is 6.45. The third kappa shape index (κ3) is 2.97. The number of carbonyl (C=O) groups is 1. The van der Waals surface area contributed by atoms with Crippen molar-refractivity contribution in [1.29, 1.82) is 0 Å². The van der Waals surface area contributed by atoms with Crippen LogP contribution in [0, 0.1) is 17.5 Å². The molecular weight excluding hydrogens is 269 g/mol. The molecule has 20 heavy (non-hydrogen) atoms. The van der Waals surface area contributed by atoms with Crippen LogP contribution in [0.4, 0.5) is 18.9 Å². The Kier molecular flexibility index (Phi) is 4.05. The van der Waals surface area contributed by atoms with E-state index in [1.54, 1.807) is 24.3 Å². The lowest BCUT2D eigenvalue weighted by Gasteiger charge is -2.07. The number of hydrogen-bond acceptors (Lipinski definition) is 2. The number of anilines is 1. The first-order valence-electron chi connectivity index (χ1n) is 5.76. The van der Waals surface area contributed by atoms with E-state index in [0.717, 1.165) is 5.56 Å². The van der Waals surface area contributed by atoms with Gasteiger partial charge in [-0.05, 0) is 29.8 Å². The third-order valence-corrected chi connectivity index (χ3v) is 2.69. The predicted molar refractivity (Wildman–Crippen MR) is 68.6 cm³/mol. The van der Waals surface area contributed by atoms with Gasteiger partial charge in [-0.25, -0.2) is 13.2 Å². The molecule has 0 aromatic heterocycles. The van der Waals surface area contributed by atoms with Gasteiger partial charge in [0.2, 0.25) is 0 Å². The highest BCUT2D eigenvalue weighted by molar-refractivity contribution is 6.04. The zero-order valence-electron chi connectivity index (χ0n) is 10.3. The number of rotatable bonds is 3.